The molecular formula is C46H68N4O19S. The van der Waals surface area contributed by atoms with Gasteiger partial charge in [-0.1, -0.05) is 23.3 Å². The van der Waals surface area contributed by atoms with Crippen molar-refractivity contribution in [3.8, 4) is 23.0 Å². The molecule has 12 aliphatic rings. The molecule has 10 aliphatic heterocycles. The minimum atomic E-state index is -4.67. The molecule has 0 aromatic heterocycles. The fourth-order valence-electron chi connectivity index (χ4n) is 15.7. The smallest absolute Gasteiger partial charge is 0.394 e. The Labute approximate surface area is 404 Å². The second-order valence-electron chi connectivity index (χ2n) is 19.4. The van der Waals surface area contributed by atoms with E-state index in [4.69, 9.17) is 45.9 Å². The Bertz CT molecular complexity index is 2370. The number of hydrogen-bond donors (Lipinski definition) is 2. The monoisotopic (exact) mass is 1010 g/mol. The van der Waals surface area contributed by atoms with Gasteiger partial charge in [0.1, 0.15) is 0 Å². The molecule has 2 saturated carbocycles. The molecule has 2 aromatic carbocycles. The Hall–Kier alpha value is -4.51. The highest BCUT2D eigenvalue weighted by Gasteiger charge is 2.73. The van der Waals surface area contributed by atoms with Gasteiger partial charge in [0.15, 0.2) is 23.0 Å². The lowest BCUT2D eigenvalue weighted by Crippen LogP contribution is -2.69. The molecule has 4 bridgehead atoms. The summed E-state index contributed by atoms with van der Waals surface area (Å²) in [5.74, 6) is 5.15. The van der Waals surface area contributed by atoms with Crippen LogP contribution in [0.2, 0.25) is 0 Å². The second kappa shape index (κ2) is 19.5. The second-order valence-corrected chi connectivity index (χ2v) is 20.3. The number of anilines is 2. The van der Waals surface area contributed by atoms with Gasteiger partial charge >= 0.3 is 10.4 Å². The maximum Gasteiger partial charge on any atom is 0.394 e. The van der Waals surface area contributed by atoms with Gasteiger partial charge in [-0.25, -0.2) is 0 Å². The maximum atomic E-state index is 13.5. The third-order valence-corrected chi connectivity index (χ3v) is 17.6. The van der Waals surface area contributed by atoms with E-state index in [0.717, 1.165) is 61.9 Å². The first kappa shape index (κ1) is 56.4. The lowest BCUT2D eigenvalue weighted by molar-refractivity contribution is -0.133. The molecule has 8 fully saturated rings. The van der Waals surface area contributed by atoms with Gasteiger partial charge in [0, 0.05) is 60.0 Å². The fourth-order valence-corrected chi connectivity index (χ4v) is 15.7. The first-order chi connectivity index (χ1) is 30.3. The topological polar surface area (TPSA) is 398 Å². The number of hydrogen-bond acceptors (Lipinski definition) is 12. The molecule has 24 heteroatoms. The van der Waals surface area contributed by atoms with Crippen LogP contribution in [0.4, 0.5) is 11.4 Å². The van der Waals surface area contributed by atoms with E-state index in [-0.39, 0.29) is 85.3 Å². The van der Waals surface area contributed by atoms with Crippen LogP contribution < -0.4 is 28.7 Å². The van der Waals surface area contributed by atoms with E-state index in [1.54, 1.807) is 39.6 Å². The zero-order valence-corrected chi connectivity index (χ0v) is 40.2. The van der Waals surface area contributed by atoms with Crippen LogP contribution in [0.25, 0.3) is 0 Å². The Morgan fingerprint density at radius 1 is 0.586 bits per heavy atom. The summed E-state index contributed by atoms with van der Waals surface area (Å²) in [5.41, 5.74) is 7.70. The number of benzene rings is 2. The summed E-state index contributed by atoms with van der Waals surface area (Å²) >= 11 is 0. The summed E-state index contributed by atoms with van der Waals surface area (Å²) < 4.78 is 66.8. The molecule has 0 unspecified atom stereocenters. The molecule has 12 atom stereocenters. The van der Waals surface area contributed by atoms with Gasteiger partial charge in [-0.15, -0.1) is 0 Å². The number of fused-ring (bicyclic) bond motifs is 4. The number of methoxy groups -OCH3 is 4. The zero-order valence-electron chi connectivity index (χ0n) is 39.4. The van der Waals surface area contributed by atoms with E-state index < -0.39 is 10.4 Å². The minimum absolute atomic E-state index is 0. The van der Waals surface area contributed by atoms with Crippen LogP contribution >= 0.6 is 0 Å². The first-order valence-electron chi connectivity index (χ1n) is 22.3. The first-order valence-corrected chi connectivity index (χ1v) is 23.7. The van der Waals surface area contributed by atoms with E-state index >= 15 is 0 Å². The fraction of sp³-hybridized carbons (Fsp3) is 0.609. The number of nitrogens with zero attached hydrogens (tertiary/aromatic N) is 4. The molecule has 2 spiro atoms. The third-order valence-electron chi connectivity index (χ3n) is 17.6. The van der Waals surface area contributed by atoms with Crippen molar-refractivity contribution in [1.82, 2.24) is 9.80 Å². The average Bonchev–Trinajstić information content (AvgIpc) is 3.94. The number of carbonyl (C=O) groups excluding carboxylic acids is 2. The molecule has 16 N–H and O–H groups in total. The maximum absolute atomic E-state index is 13.5. The standard InChI is InChI=1S/2C23H26N2O4.H2O4S.7H2O/c2*1-27-16-8-14-15(9-17(16)28-2)25-20(26)10-18-21-13-7-19-23(14,22(21)25)4-5-24(19)11-12(13)3-6-29-18;1-5(2,3)4;;;;;;;/h2*3,8-9,13,18-19,21-22H,4-7,10-11H2,1-2H3;(H2,1,2,3,4);7*1H2/t2*13-,18-,19-,21-,22-,23+;;;;;;;;/m00......../s1. The molecule has 2 amide bonds. The summed E-state index contributed by atoms with van der Waals surface area (Å²) in [6, 6.07) is 9.74. The lowest BCUT2D eigenvalue weighted by Gasteiger charge is -2.58. The van der Waals surface area contributed by atoms with Gasteiger partial charge < -0.3 is 76.6 Å². The molecule has 14 rings (SSSR count). The number of rotatable bonds is 4. The lowest BCUT2D eigenvalue weighted by atomic mass is 9.53. The van der Waals surface area contributed by atoms with Crippen molar-refractivity contribution in [2.45, 2.75) is 85.7 Å². The Kier molecular flexibility index (Phi) is 15.7. The molecule has 10 heterocycles. The molecule has 0 radical (unpaired) electrons. The Morgan fingerprint density at radius 3 is 1.27 bits per heavy atom. The van der Waals surface area contributed by atoms with E-state index in [0.29, 0.717) is 73.3 Å². The van der Waals surface area contributed by atoms with Crippen molar-refractivity contribution < 1.29 is 93.9 Å². The molecule has 2 aliphatic carbocycles. The number of piperidine rings is 4. The predicted molar refractivity (Wildman–Crippen MR) is 252 cm³/mol. The number of carbonyl (C=O) groups is 2. The van der Waals surface area contributed by atoms with Gasteiger partial charge in [-0.2, -0.15) is 8.42 Å². The van der Waals surface area contributed by atoms with Crippen molar-refractivity contribution in [2.75, 3.05) is 77.6 Å². The minimum Gasteiger partial charge on any atom is -0.493 e. The Balaban J connectivity index is 0.000000218. The predicted octanol–water partition coefficient (Wildman–Crippen LogP) is -2.21. The van der Waals surface area contributed by atoms with E-state index in [1.165, 1.54) is 24.0 Å². The summed E-state index contributed by atoms with van der Waals surface area (Å²) in [5, 5.41) is 0. The van der Waals surface area contributed by atoms with Crippen LogP contribution in [0.15, 0.2) is 47.6 Å². The molecule has 392 valence electrons. The number of amides is 2. The van der Waals surface area contributed by atoms with E-state index in [9.17, 15) is 9.59 Å². The normalized spacial score (nSPS) is 34.8. The van der Waals surface area contributed by atoms with Gasteiger partial charge in [-0.3, -0.25) is 28.5 Å². The highest BCUT2D eigenvalue weighted by atomic mass is 32.3. The summed E-state index contributed by atoms with van der Waals surface area (Å²) in [6.45, 7) is 5.61. The largest absolute Gasteiger partial charge is 0.493 e. The van der Waals surface area contributed by atoms with Crippen molar-refractivity contribution in [1.29, 1.82) is 0 Å². The highest BCUT2D eigenvalue weighted by Crippen LogP contribution is 2.68. The van der Waals surface area contributed by atoms with Crippen LogP contribution in [0.3, 0.4) is 0 Å². The number of ether oxygens (including phenoxy) is 6. The third kappa shape index (κ3) is 7.36. The van der Waals surface area contributed by atoms with Gasteiger partial charge in [0.2, 0.25) is 11.8 Å². The molecule has 23 nitrogen and oxygen atoms in total. The Morgan fingerprint density at radius 2 is 0.929 bits per heavy atom. The summed E-state index contributed by atoms with van der Waals surface area (Å²) in [6.07, 6.45) is 10.2. The van der Waals surface area contributed by atoms with Crippen LogP contribution in [-0.2, 0) is 40.3 Å². The molecule has 2 aromatic rings. The molecule has 70 heavy (non-hydrogen) atoms. The average molecular weight is 1010 g/mol. The van der Waals surface area contributed by atoms with Crippen molar-refractivity contribution in [2.24, 2.45) is 23.7 Å². The summed E-state index contributed by atoms with van der Waals surface area (Å²) in [4.78, 5) is 36.5. The van der Waals surface area contributed by atoms with Gasteiger partial charge in [0.05, 0.1) is 90.2 Å². The van der Waals surface area contributed by atoms with Gasteiger partial charge in [0.25, 0.3) is 0 Å². The quantitative estimate of drug-likeness (QED) is 0.243. The van der Waals surface area contributed by atoms with Crippen molar-refractivity contribution in [3.63, 3.8) is 0 Å². The summed E-state index contributed by atoms with van der Waals surface area (Å²) in [7, 11) is 2.05. The van der Waals surface area contributed by atoms with Crippen LogP contribution in [0, 0.1) is 23.7 Å². The molecular weight excluding hydrogens is 945 g/mol. The highest BCUT2D eigenvalue weighted by molar-refractivity contribution is 7.79. The van der Waals surface area contributed by atoms with Crippen LogP contribution in [-0.4, -0.2) is 182 Å². The zero-order chi connectivity index (χ0) is 43.5. The molecule has 6 saturated heterocycles. The van der Waals surface area contributed by atoms with Crippen molar-refractivity contribution in [3.05, 3.63) is 58.7 Å². The van der Waals surface area contributed by atoms with E-state index in [2.05, 4.69) is 43.9 Å². The van der Waals surface area contributed by atoms with Crippen LogP contribution in [0.5, 0.6) is 23.0 Å². The van der Waals surface area contributed by atoms with Gasteiger partial charge in [-0.05, 0) is 73.9 Å². The van der Waals surface area contributed by atoms with Crippen LogP contribution in [0.1, 0.15) is 49.7 Å². The van der Waals surface area contributed by atoms with Crippen molar-refractivity contribution >= 4 is 33.6 Å². The van der Waals surface area contributed by atoms with E-state index in [1.807, 2.05) is 12.1 Å². The SMILES string of the molecule is COc1cc2c(cc1OC)[C@@]13CCN4CC5=CCO[C@H]6CC(=O)N2[C@H]1[C@H]6[C@H]5C[C@H]43.COc1cc2c(cc1OC)[C@@]13CCN4CC5=CCO[C@H]6CC(=O)N2[C@H]1[C@H]6[C@H]5C[C@H]43.O.O.O.O.O.O.O.O=S(=O)(O)O.